The van der Waals surface area contributed by atoms with Gasteiger partial charge in [-0.25, -0.2) is 4.79 Å². The molecule has 0 saturated carbocycles. The van der Waals surface area contributed by atoms with Crippen LogP contribution in [0, 0.1) is 0 Å². The van der Waals surface area contributed by atoms with Crippen molar-refractivity contribution in [3.05, 3.63) is 62.1 Å². The summed E-state index contributed by atoms with van der Waals surface area (Å²) in [6.45, 7) is 0. The molecule has 0 saturated heterocycles. The number of carbonyl (C=O) groups is 1. The van der Waals surface area contributed by atoms with E-state index in [2.05, 4.69) is 4.98 Å². The zero-order chi connectivity index (χ0) is 15.1. The van der Waals surface area contributed by atoms with E-state index in [1.165, 1.54) is 18.2 Å². The number of halogens is 2. The molecular formula is C14H8Cl2N2O3. The molecule has 0 bridgehead atoms. The molecule has 2 aromatic carbocycles. The van der Waals surface area contributed by atoms with E-state index >= 15 is 0 Å². The minimum absolute atomic E-state index is 0.131. The number of anilines is 1. The number of nitrogens with two attached hydrogens (primary N) is 1. The predicted octanol–water partition coefficient (Wildman–Crippen LogP) is 3.24. The lowest BCUT2D eigenvalue weighted by Gasteiger charge is -2.07. The van der Waals surface area contributed by atoms with E-state index in [1.54, 1.807) is 12.1 Å². The first-order chi connectivity index (χ1) is 9.95. The van der Waals surface area contributed by atoms with E-state index in [-0.39, 0.29) is 27.0 Å². The van der Waals surface area contributed by atoms with Gasteiger partial charge in [0.2, 0.25) is 0 Å². The molecule has 0 aliphatic heterocycles. The van der Waals surface area contributed by atoms with Crippen LogP contribution >= 0.6 is 23.2 Å². The van der Waals surface area contributed by atoms with Gasteiger partial charge in [0, 0.05) is 16.8 Å². The second-order valence-electron chi connectivity index (χ2n) is 4.42. The molecule has 3 aromatic rings. The maximum absolute atomic E-state index is 12.5. The van der Waals surface area contributed by atoms with Crippen LogP contribution in [0.25, 0.3) is 11.1 Å². The number of nitrogen functional groups attached to an aromatic ring is 1. The first-order valence-corrected chi connectivity index (χ1v) is 6.63. The van der Waals surface area contributed by atoms with Crippen molar-refractivity contribution in [1.29, 1.82) is 0 Å². The van der Waals surface area contributed by atoms with Gasteiger partial charge in [-0.1, -0.05) is 23.2 Å². The van der Waals surface area contributed by atoms with Gasteiger partial charge in [-0.2, -0.15) is 0 Å². The molecule has 0 fully saturated rings. The summed E-state index contributed by atoms with van der Waals surface area (Å²) in [5, 5.41) is 0.334. The van der Waals surface area contributed by atoms with Gasteiger partial charge in [-0.3, -0.25) is 9.78 Å². The highest BCUT2D eigenvalue weighted by molar-refractivity contribution is 6.44. The monoisotopic (exact) mass is 322 g/mol. The molecule has 0 unspecified atom stereocenters. The average molecular weight is 323 g/mol. The van der Waals surface area contributed by atoms with Crippen LogP contribution in [0.4, 0.5) is 5.69 Å². The lowest BCUT2D eigenvalue weighted by Crippen LogP contribution is -2.03. The molecule has 3 N–H and O–H groups in total. The van der Waals surface area contributed by atoms with E-state index in [4.69, 9.17) is 33.4 Å². The number of hydrogen-bond donors (Lipinski definition) is 2. The van der Waals surface area contributed by atoms with Crippen molar-refractivity contribution in [2.45, 2.75) is 0 Å². The summed E-state index contributed by atoms with van der Waals surface area (Å²) in [5.41, 5.74) is 7.32. The van der Waals surface area contributed by atoms with Crippen molar-refractivity contribution in [2.24, 2.45) is 0 Å². The van der Waals surface area contributed by atoms with Crippen LogP contribution < -0.4 is 11.5 Å². The fourth-order valence-corrected chi connectivity index (χ4v) is 2.44. The number of hydrogen-bond acceptors (Lipinski definition) is 4. The van der Waals surface area contributed by atoms with Crippen molar-refractivity contribution in [2.75, 3.05) is 5.73 Å². The summed E-state index contributed by atoms with van der Waals surface area (Å²) in [5.74, 6) is -0.945. The summed E-state index contributed by atoms with van der Waals surface area (Å²) in [7, 11) is 0. The Morgan fingerprint density at radius 2 is 1.95 bits per heavy atom. The molecule has 1 heterocycles. The number of aromatic amines is 1. The number of oxazole rings is 1. The predicted molar refractivity (Wildman–Crippen MR) is 81.1 cm³/mol. The second-order valence-corrected chi connectivity index (χ2v) is 5.20. The maximum Gasteiger partial charge on any atom is 0.417 e. The molecule has 0 amide bonds. The molecule has 21 heavy (non-hydrogen) atoms. The molecular weight excluding hydrogens is 315 g/mol. The van der Waals surface area contributed by atoms with Gasteiger partial charge in [0.15, 0.2) is 11.4 Å². The van der Waals surface area contributed by atoms with Crippen LogP contribution in [-0.4, -0.2) is 10.8 Å². The highest BCUT2D eigenvalue weighted by Gasteiger charge is 2.17. The normalized spacial score (nSPS) is 11.0. The molecule has 0 radical (unpaired) electrons. The van der Waals surface area contributed by atoms with Gasteiger partial charge in [-0.05, 0) is 30.3 Å². The van der Waals surface area contributed by atoms with E-state index in [9.17, 15) is 9.59 Å². The van der Waals surface area contributed by atoms with Crippen molar-refractivity contribution >= 4 is 45.8 Å². The molecule has 5 nitrogen and oxygen atoms in total. The number of benzene rings is 2. The minimum Gasteiger partial charge on any atom is -0.408 e. The summed E-state index contributed by atoms with van der Waals surface area (Å²) >= 11 is 12.0. The van der Waals surface area contributed by atoms with Crippen molar-refractivity contribution in [1.82, 2.24) is 4.98 Å². The average Bonchev–Trinajstić information content (AvgIpc) is 2.81. The molecule has 0 aliphatic rings. The van der Waals surface area contributed by atoms with E-state index < -0.39 is 5.76 Å². The van der Waals surface area contributed by atoms with Gasteiger partial charge in [0.25, 0.3) is 0 Å². The molecule has 0 aliphatic carbocycles. The lowest BCUT2D eigenvalue weighted by molar-refractivity contribution is 0.103. The summed E-state index contributed by atoms with van der Waals surface area (Å²) in [6.07, 6.45) is 0. The smallest absolute Gasteiger partial charge is 0.408 e. The number of aromatic nitrogens is 1. The fraction of sp³-hybridized carbons (Fsp3) is 0. The standard InChI is InChI=1S/C14H8Cl2N2O3/c15-9-5-7(17)4-8(12(9)16)13(19)6-1-2-10-11(3-6)21-14(20)18-10/h1-5H,17H2,(H,18,20). The van der Waals surface area contributed by atoms with Crippen LogP contribution in [-0.2, 0) is 0 Å². The Balaban J connectivity index is 2.14. The van der Waals surface area contributed by atoms with E-state index in [0.717, 1.165) is 0 Å². The number of nitrogens with one attached hydrogen (secondary N) is 1. The molecule has 1 aromatic heterocycles. The maximum atomic E-state index is 12.5. The Kier molecular flexibility index (Phi) is 3.23. The first-order valence-electron chi connectivity index (χ1n) is 5.88. The third-order valence-corrected chi connectivity index (χ3v) is 3.78. The Hall–Kier alpha value is -2.24. The van der Waals surface area contributed by atoms with Crippen LogP contribution in [0.2, 0.25) is 10.0 Å². The highest BCUT2D eigenvalue weighted by Crippen LogP contribution is 2.30. The number of fused-ring (bicyclic) bond motifs is 1. The highest BCUT2D eigenvalue weighted by atomic mass is 35.5. The molecule has 3 rings (SSSR count). The third kappa shape index (κ3) is 2.41. The van der Waals surface area contributed by atoms with Crippen LogP contribution in [0.5, 0.6) is 0 Å². The number of carbonyl (C=O) groups excluding carboxylic acids is 1. The Morgan fingerprint density at radius 3 is 2.71 bits per heavy atom. The zero-order valence-electron chi connectivity index (χ0n) is 10.4. The third-order valence-electron chi connectivity index (χ3n) is 2.98. The number of ketones is 1. The quantitative estimate of drug-likeness (QED) is 0.560. The van der Waals surface area contributed by atoms with Gasteiger partial charge in [0.05, 0.1) is 15.6 Å². The number of rotatable bonds is 2. The number of H-pyrrole nitrogens is 1. The van der Waals surface area contributed by atoms with Crippen LogP contribution in [0.15, 0.2) is 39.5 Å². The van der Waals surface area contributed by atoms with Crippen LogP contribution in [0.3, 0.4) is 0 Å². The SMILES string of the molecule is Nc1cc(Cl)c(Cl)c(C(=O)c2ccc3[nH]c(=O)oc3c2)c1. The van der Waals surface area contributed by atoms with Gasteiger partial charge in [-0.15, -0.1) is 0 Å². The molecule has 0 atom stereocenters. The topological polar surface area (TPSA) is 89.1 Å². The van der Waals surface area contributed by atoms with Gasteiger partial charge in [0.1, 0.15) is 0 Å². The first kappa shape index (κ1) is 13.7. The molecule has 7 heteroatoms. The summed E-state index contributed by atoms with van der Waals surface area (Å²) < 4.78 is 4.93. The van der Waals surface area contributed by atoms with Crippen molar-refractivity contribution in [3.8, 4) is 0 Å². The fourth-order valence-electron chi connectivity index (χ4n) is 2.02. The minimum atomic E-state index is -0.584. The summed E-state index contributed by atoms with van der Waals surface area (Å²) in [6, 6.07) is 7.52. The Morgan fingerprint density at radius 1 is 1.19 bits per heavy atom. The molecule has 0 spiro atoms. The lowest BCUT2D eigenvalue weighted by atomic mass is 10.0. The van der Waals surface area contributed by atoms with Crippen molar-refractivity contribution < 1.29 is 9.21 Å². The summed E-state index contributed by atoms with van der Waals surface area (Å²) in [4.78, 5) is 26.1. The zero-order valence-corrected chi connectivity index (χ0v) is 12.0. The van der Waals surface area contributed by atoms with Crippen molar-refractivity contribution in [3.63, 3.8) is 0 Å². The van der Waals surface area contributed by atoms with Gasteiger partial charge >= 0.3 is 5.76 Å². The Labute approximate surface area is 128 Å². The largest absolute Gasteiger partial charge is 0.417 e. The van der Waals surface area contributed by atoms with E-state index in [0.29, 0.717) is 16.8 Å². The van der Waals surface area contributed by atoms with Gasteiger partial charge < -0.3 is 10.2 Å². The van der Waals surface area contributed by atoms with Crippen LogP contribution in [0.1, 0.15) is 15.9 Å². The second kappa shape index (κ2) is 4.95. The Bertz CT molecular complexity index is 928. The van der Waals surface area contributed by atoms with E-state index in [1.807, 2.05) is 0 Å². The molecule has 106 valence electrons.